The van der Waals surface area contributed by atoms with Crippen molar-refractivity contribution in [3.63, 3.8) is 0 Å². The third kappa shape index (κ3) is 2.52. The third-order valence-corrected chi connectivity index (χ3v) is 2.45. The molecular formula is C7H7BrN2O3S. The highest BCUT2D eigenvalue weighted by Crippen LogP contribution is 2.24. The summed E-state index contributed by atoms with van der Waals surface area (Å²) in [5.41, 5.74) is 0.439. The van der Waals surface area contributed by atoms with Crippen LogP contribution in [0.15, 0.2) is 4.47 Å². The molecule has 5 nitrogen and oxygen atoms in total. The summed E-state index contributed by atoms with van der Waals surface area (Å²) in [6, 6.07) is 0. The van der Waals surface area contributed by atoms with Crippen LogP contribution in [0.5, 0.6) is 5.88 Å². The minimum absolute atomic E-state index is 0.164. The second-order valence-electron chi connectivity index (χ2n) is 2.41. The van der Waals surface area contributed by atoms with Gasteiger partial charge in [0.25, 0.3) is 0 Å². The second kappa shape index (κ2) is 4.52. The largest absolute Gasteiger partial charge is 0.481 e. The number of nitrogens with zero attached hydrogens (tertiary/aromatic N) is 1. The number of ether oxygens (including phenoxy) is 1. The zero-order valence-electron chi connectivity index (χ0n) is 7.20. The summed E-state index contributed by atoms with van der Waals surface area (Å²) in [5.74, 6) is -0.672. The molecule has 0 spiro atoms. The molecule has 76 valence electrons. The fourth-order valence-corrected chi connectivity index (χ4v) is 1.59. The van der Waals surface area contributed by atoms with Crippen LogP contribution in [0.2, 0.25) is 0 Å². The summed E-state index contributed by atoms with van der Waals surface area (Å²) in [6.45, 7) is 0. The molecule has 14 heavy (non-hydrogen) atoms. The fraction of sp³-hybridized carbons (Fsp3) is 0.286. The number of H-pyrrole nitrogens is 1. The molecule has 0 atom stereocenters. The lowest BCUT2D eigenvalue weighted by molar-refractivity contribution is -0.136. The fourth-order valence-electron chi connectivity index (χ4n) is 0.891. The molecule has 0 aliphatic rings. The molecule has 0 radical (unpaired) electrons. The van der Waals surface area contributed by atoms with Gasteiger partial charge >= 0.3 is 5.97 Å². The van der Waals surface area contributed by atoms with Gasteiger partial charge < -0.3 is 14.8 Å². The molecule has 1 rings (SSSR count). The summed E-state index contributed by atoms with van der Waals surface area (Å²) < 4.78 is 5.59. The highest BCUT2D eigenvalue weighted by atomic mass is 79.9. The second-order valence-corrected chi connectivity index (χ2v) is 3.59. The van der Waals surface area contributed by atoms with Gasteiger partial charge in [-0.3, -0.25) is 4.79 Å². The van der Waals surface area contributed by atoms with Crippen LogP contribution in [0.25, 0.3) is 0 Å². The van der Waals surface area contributed by atoms with Crippen molar-refractivity contribution in [1.29, 1.82) is 0 Å². The van der Waals surface area contributed by atoms with Crippen LogP contribution in [-0.4, -0.2) is 28.2 Å². The number of hydrogen-bond acceptors (Lipinski definition) is 4. The van der Waals surface area contributed by atoms with Gasteiger partial charge in [-0.25, -0.2) is 0 Å². The Labute approximate surface area is 93.3 Å². The highest BCUT2D eigenvalue weighted by molar-refractivity contribution is 9.10. The van der Waals surface area contributed by atoms with E-state index in [-0.39, 0.29) is 17.1 Å². The minimum Gasteiger partial charge on any atom is -0.481 e. The Kier molecular flexibility index (Phi) is 3.59. The first-order valence-corrected chi connectivity index (χ1v) is 4.79. The quantitative estimate of drug-likeness (QED) is 0.821. The van der Waals surface area contributed by atoms with E-state index in [0.717, 1.165) is 0 Å². The predicted molar refractivity (Wildman–Crippen MR) is 55.0 cm³/mol. The molecule has 0 saturated heterocycles. The normalized spacial score (nSPS) is 9.86. The first-order chi connectivity index (χ1) is 6.54. The number of carbonyl (C=O) groups is 1. The first kappa shape index (κ1) is 11.1. The molecule has 0 fully saturated rings. The minimum atomic E-state index is -0.954. The van der Waals surface area contributed by atoms with Crippen LogP contribution in [0.3, 0.4) is 0 Å². The van der Waals surface area contributed by atoms with Crippen LogP contribution >= 0.6 is 28.1 Å². The number of halogens is 1. The van der Waals surface area contributed by atoms with E-state index in [1.807, 2.05) is 0 Å². The molecule has 0 aliphatic carbocycles. The molecule has 1 heterocycles. The molecule has 7 heteroatoms. The Bertz CT molecular complexity index is 418. The number of carboxylic acid groups (broad SMARTS) is 1. The monoisotopic (exact) mass is 278 g/mol. The number of rotatable bonds is 3. The summed E-state index contributed by atoms with van der Waals surface area (Å²) >= 11 is 7.98. The molecule has 0 bridgehead atoms. The van der Waals surface area contributed by atoms with E-state index in [4.69, 9.17) is 22.1 Å². The number of carboxylic acids is 1. The van der Waals surface area contributed by atoms with Crippen molar-refractivity contribution in [2.45, 2.75) is 6.42 Å². The van der Waals surface area contributed by atoms with Gasteiger partial charge in [-0.2, -0.15) is 4.98 Å². The van der Waals surface area contributed by atoms with Gasteiger partial charge in [-0.1, -0.05) is 0 Å². The lowest BCUT2D eigenvalue weighted by Crippen LogP contribution is -2.05. The van der Waals surface area contributed by atoms with Gasteiger partial charge in [-0.05, 0) is 28.1 Å². The highest BCUT2D eigenvalue weighted by Gasteiger charge is 2.11. The van der Waals surface area contributed by atoms with Crippen molar-refractivity contribution in [2.24, 2.45) is 0 Å². The van der Waals surface area contributed by atoms with E-state index >= 15 is 0 Å². The van der Waals surface area contributed by atoms with Gasteiger partial charge in [0.1, 0.15) is 0 Å². The smallest absolute Gasteiger partial charge is 0.309 e. The maximum absolute atomic E-state index is 10.5. The predicted octanol–water partition coefficient (Wildman–Crippen LogP) is 1.54. The summed E-state index contributed by atoms with van der Waals surface area (Å²) in [6.07, 6.45) is -0.164. The maximum atomic E-state index is 10.5. The molecule has 1 aromatic heterocycles. The van der Waals surface area contributed by atoms with Crippen LogP contribution in [0.1, 0.15) is 5.69 Å². The number of hydrogen-bond donors (Lipinski definition) is 2. The number of nitrogens with one attached hydrogen (secondary N) is 1. The lowest BCUT2D eigenvalue weighted by Gasteiger charge is -2.05. The third-order valence-electron chi connectivity index (χ3n) is 1.43. The van der Waals surface area contributed by atoms with Crippen molar-refractivity contribution < 1.29 is 14.6 Å². The number of aliphatic carboxylic acids is 1. The zero-order chi connectivity index (χ0) is 10.7. The SMILES string of the molecule is COc1nc(=S)[nH]c(CC(=O)O)c1Br. The maximum Gasteiger partial charge on any atom is 0.309 e. The average molecular weight is 279 g/mol. The van der Waals surface area contributed by atoms with Gasteiger partial charge in [0.15, 0.2) is 4.77 Å². The van der Waals surface area contributed by atoms with Crippen molar-refractivity contribution in [2.75, 3.05) is 7.11 Å². The Morgan fingerprint density at radius 1 is 1.79 bits per heavy atom. The van der Waals surface area contributed by atoms with Crippen molar-refractivity contribution in [3.8, 4) is 5.88 Å². The van der Waals surface area contributed by atoms with Gasteiger partial charge in [-0.15, -0.1) is 0 Å². The summed E-state index contributed by atoms with van der Waals surface area (Å²) in [4.78, 5) is 17.0. The Hall–Kier alpha value is -0.950. The van der Waals surface area contributed by atoms with E-state index in [9.17, 15) is 4.79 Å². The molecule has 0 aromatic carbocycles. The zero-order valence-corrected chi connectivity index (χ0v) is 9.61. The first-order valence-electron chi connectivity index (χ1n) is 3.59. The van der Waals surface area contributed by atoms with Crippen LogP contribution in [0.4, 0.5) is 0 Å². The summed E-state index contributed by atoms with van der Waals surface area (Å²) in [5, 5.41) is 8.61. The van der Waals surface area contributed by atoms with Crippen LogP contribution in [0, 0.1) is 4.77 Å². The van der Waals surface area contributed by atoms with E-state index in [0.29, 0.717) is 10.2 Å². The molecule has 0 saturated carbocycles. The Morgan fingerprint density at radius 2 is 2.43 bits per heavy atom. The summed E-state index contributed by atoms with van der Waals surface area (Å²) in [7, 11) is 1.44. The number of methoxy groups -OCH3 is 1. The van der Waals surface area contributed by atoms with Crippen molar-refractivity contribution >= 4 is 34.1 Å². The van der Waals surface area contributed by atoms with Gasteiger partial charge in [0, 0.05) is 5.69 Å². The molecule has 1 aromatic rings. The van der Waals surface area contributed by atoms with E-state index in [1.165, 1.54) is 7.11 Å². The Morgan fingerprint density at radius 3 is 2.93 bits per heavy atom. The molecular weight excluding hydrogens is 272 g/mol. The van der Waals surface area contributed by atoms with Gasteiger partial charge in [0.05, 0.1) is 18.0 Å². The van der Waals surface area contributed by atoms with Crippen LogP contribution < -0.4 is 4.74 Å². The molecule has 0 amide bonds. The molecule has 0 unspecified atom stereocenters. The van der Waals surface area contributed by atoms with E-state index in [1.54, 1.807) is 0 Å². The van der Waals surface area contributed by atoms with Crippen LogP contribution in [-0.2, 0) is 11.2 Å². The van der Waals surface area contributed by atoms with E-state index < -0.39 is 5.97 Å². The Balaban J connectivity index is 3.22. The lowest BCUT2D eigenvalue weighted by atomic mass is 10.3. The van der Waals surface area contributed by atoms with Crippen molar-refractivity contribution in [1.82, 2.24) is 9.97 Å². The van der Waals surface area contributed by atoms with Gasteiger partial charge in [0.2, 0.25) is 5.88 Å². The standard InChI is InChI=1S/C7H7BrN2O3S/c1-13-6-5(8)3(2-4(11)12)9-7(14)10-6/h2H2,1H3,(H,11,12)(H,9,10,14). The topological polar surface area (TPSA) is 75.2 Å². The van der Waals surface area contributed by atoms with Crippen molar-refractivity contribution in [3.05, 3.63) is 14.9 Å². The molecule has 0 aliphatic heterocycles. The molecule has 2 N–H and O–H groups in total. The number of aromatic nitrogens is 2. The number of aromatic amines is 1. The van der Waals surface area contributed by atoms with E-state index in [2.05, 4.69) is 25.9 Å². The average Bonchev–Trinajstić information content (AvgIpc) is 2.09.